The fourth-order valence-electron chi connectivity index (χ4n) is 2.89. The number of sulfonamides is 1. The second-order valence-corrected chi connectivity index (χ2v) is 6.97. The summed E-state index contributed by atoms with van der Waals surface area (Å²) in [4.78, 5) is 11.8. The van der Waals surface area contributed by atoms with Gasteiger partial charge in [-0.05, 0) is 37.8 Å². The molecule has 0 amide bonds. The Morgan fingerprint density at radius 1 is 1.40 bits per heavy atom. The van der Waals surface area contributed by atoms with E-state index in [0.717, 1.165) is 0 Å². The molecule has 1 saturated heterocycles. The van der Waals surface area contributed by atoms with Gasteiger partial charge in [0, 0.05) is 6.54 Å². The molecule has 1 unspecified atom stereocenters. The van der Waals surface area contributed by atoms with Gasteiger partial charge in [-0.2, -0.15) is 4.31 Å². The van der Waals surface area contributed by atoms with Crippen LogP contribution in [0.4, 0.5) is 0 Å². The molecule has 0 saturated carbocycles. The number of hydrogen-bond acceptors (Lipinski definition) is 3. The largest absolute Gasteiger partial charge is 0.480 e. The third-order valence-corrected chi connectivity index (χ3v) is 6.20. The fraction of sp³-hybridized carbons (Fsp3) is 0.500. The highest BCUT2D eigenvalue weighted by atomic mass is 32.2. The van der Waals surface area contributed by atoms with Crippen molar-refractivity contribution in [1.82, 2.24) is 4.31 Å². The van der Waals surface area contributed by atoms with Crippen LogP contribution in [-0.2, 0) is 14.8 Å². The standard InChI is InChI=1S/C14H19NO4S/c1-3-14(13(16)17)9-6-10-15(14)20(18,19)12-8-5-4-7-11(12)2/h4-5,7-8H,3,6,9-10H2,1-2H3,(H,16,17). The first kappa shape index (κ1) is 15.0. The Hall–Kier alpha value is -1.40. The van der Waals surface area contributed by atoms with Crippen LogP contribution >= 0.6 is 0 Å². The van der Waals surface area contributed by atoms with Crippen molar-refractivity contribution in [3.05, 3.63) is 29.8 Å². The van der Waals surface area contributed by atoms with Gasteiger partial charge < -0.3 is 5.11 Å². The summed E-state index contributed by atoms with van der Waals surface area (Å²) in [5, 5.41) is 9.51. The molecule has 0 spiro atoms. The predicted octanol–water partition coefficient (Wildman–Crippen LogP) is 2.01. The van der Waals surface area contributed by atoms with E-state index >= 15 is 0 Å². The third-order valence-electron chi connectivity index (χ3n) is 4.07. The summed E-state index contributed by atoms with van der Waals surface area (Å²) in [6.45, 7) is 3.70. The molecule has 0 aromatic heterocycles. The van der Waals surface area contributed by atoms with E-state index in [1.165, 1.54) is 10.4 Å². The van der Waals surface area contributed by atoms with Gasteiger partial charge in [-0.15, -0.1) is 0 Å². The molecule has 1 heterocycles. The van der Waals surface area contributed by atoms with E-state index in [-0.39, 0.29) is 17.9 Å². The maximum atomic E-state index is 12.8. The third kappa shape index (κ3) is 2.13. The van der Waals surface area contributed by atoms with E-state index in [2.05, 4.69) is 0 Å². The van der Waals surface area contributed by atoms with Crippen molar-refractivity contribution in [2.24, 2.45) is 0 Å². The Labute approximate surface area is 119 Å². The van der Waals surface area contributed by atoms with E-state index in [1.54, 1.807) is 32.0 Å². The SMILES string of the molecule is CCC1(C(=O)O)CCCN1S(=O)(=O)c1ccccc1C. The Kier molecular flexibility index (Phi) is 3.88. The lowest BCUT2D eigenvalue weighted by atomic mass is 9.95. The van der Waals surface area contributed by atoms with Gasteiger partial charge in [-0.3, -0.25) is 4.79 Å². The summed E-state index contributed by atoms with van der Waals surface area (Å²) in [7, 11) is -3.78. The van der Waals surface area contributed by atoms with Gasteiger partial charge in [0.15, 0.2) is 0 Å². The van der Waals surface area contributed by atoms with Gasteiger partial charge in [0.05, 0.1) is 4.90 Å². The van der Waals surface area contributed by atoms with Crippen molar-refractivity contribution in [1.29, 1.82) is 0 Å². The number of aryl methyl sites for hydroxylation is 1. The van der Waals surface area contributed by atoms with Gasteiger partial charge in [-0.1, -0.05) is 25.1 Å². The minimum absolute atomic E-state index is 0.195. The van der Waals surface area contributed by atoms with Crippen LogP contribution in [0, 0.1) is 6.92 Å². The highest BCUT2D eigenvalue weighted by molar-refractivity contribution is 7.89. The first-order valence-electron chi connectivity index (χ1n) is 6.68. The molecule has 110 valence electrons. The van der Waals surface area contributed by atoms with Crippen molar-refractivity contribution in [3.63, 3.8) is 0 Å². The number of carboxylic acids is 1. The molecule has 1 aliphatic heterocycles. The van der Waals surface area contributed by atoms with Crippen molar-refractivity contribution >= 4 is 16.0 Å². The summed E-state index contributed by atoms with van der Waals surface area (Å²) in [6, 6.07) is 6.68. The zero-order chi connectivity index (χ0) is 15.0. The number of aliphatic carboxylic acids is 1. The van der Waals surface area contributed by atoms with Crippen LogP contribution in [0.1, 0.15) is 31.7 Å². The van der Waals surface area contributed by atoms with Crippen LogP contribution in [-0.4, -0.2) is 35.9 Å². The van der Waals surface area contributed by atoms with E-state index in [4.69, 9.17) is 0 Å². The van der Waals surface area contributed by atoms with Gasteiger partial charge in [0.2, 0.25) is 10.0 Å². The maximum absolute atomic E-state index is 12.8. The fourth-order valence-corrected chi connectivity index (χ4v) is 4.98. The molecule has 0 radical (unpaired) electrons. The van der Waals surface area contributed by atoms with Crippen LogP contribution < -0.4 is 0 Å². The number of carbonyl (C=O) groups is 1. The number of carboxylic acid groups (broad SMARTS) is 1. The molecule has 0 aliphatic carbocycles. The Morgan fingerprint density at radius 3 is 2.60 bits per heavy atom. The van der Waals surface area contributed by atoms with E-state index in [0.29, 0.717) is 18.4 Å². The smallest absolute Gasteiger partial charge is 0.325 e. The monoisotopic (exact) mass is 297 g/mol. The van der Waals surface area contributed by atoms with Crippen LogP contribution in [0.2, 0.25) is 0 Å². The minimum Gasteiger partial charge on any atom is -0.480 e. The number of nitrogens with zero attached hydrogens (tertiary/aromatic N) is 1. The topological polar surface area (TPSA) is 74.7 Å². The molecule has 6 heteroatoms. The summed E-state index contributed by atoms with van der Waals surface area (Å²) >= 11 is 0. The molecule has 1 aromatic carbocycles. The number of hydrogen-bond donors (Lipinski definition) is 1. The van der Waals surface area contributed by atoms with E-state index in [9.17, 15) is 18.3 Å². The first-order chi connectivity index (χ1) is 9.36. The quantitative estimate of drug-likeness (QED) is 0.922. The van der Waals surface area contributed by atoms with Crippen LogP contribution in [0.5, 0.6) is 0 Å². The molecule has 5 nitrogen and oxygen atoms in total. The molecule has 1 aromatic rings. The van der Waals surface area contributed by atoms with Gasteiger partial charge in [0.25, 0.3) is 0 Å². The zero-order valence-electron chi connectivity index (χ0n) is 11.7. The summed E-state index contributed by atoms with van der Waals surface area (Å²) in [5.74, 6) is -1.06. The van der Waals surface area contributed by atoms with Crippen molar-refractivity contribution in [3.8, 4) is 0 Å². The number of rotatable bonds is 4. The molecular formula is C14H19NO4S. The molecule has 1 aliphatic rings. The molecule has 1 atom stereocenters. The summed E-state index contributed by atoms with van der Waals surface area (Å²) in [5.41, 5.74) is -0.670. The van der Waals surface area contributed by atoms with Crippen LogP contribution in [0.25, 0.3) is 0 Å². The lowest BCUT2D eigenvalue weighted by molar-refractivity contribution is -0.147. The molecular weight excluding hydrogens is 278 g/mol. The minimum atomic E-state index is -3.78. The van der Waals surface area contributed by atoms with Crippen molar-refractivity contribution in [2.45, 2.75) is 43.5 Å². The zero-order valence-corrected chi connectivity index (χ0v) is 12.5. The second-order valence-electron chi connectivity index (χ2n) is 5.14. The van der Waals surface area contributed by atoms with Crippen LogP contribution in [0.15, 0.2) is 29.2 Å². The normalized spacial score (nSPS) is 23.9. The van der Waals surface area contributed by atoms with E-state index < -0.39 is 21.5 Å². The lowest BCUT2D eigenvalue weighted by Crippen LogP contribution is -2.52. The first-order valence-corrected chi connectivity index (χ1v) is 8.12. The molecule has 1 fully saturated rings. The van der Waals surface area contributed by atoms with Crippen molar-refractivity contribution < 1.29 is 18.3 Å². The van der Waals surface area contributed by atoms with Crippen LogP contribution in [0.3, 0.4) is 0 Å². The molecule has 2 rings (SSSR count). The molecule has 20 heavy (non-hydrogen) atoms. The molecule has 1 N–H and O–H groups in total. The highest BCUT2D eigenvalue weighted by Gasteiger charge is 2.52. The Morgan fingerprint density at radius 2 is 2.05 bits per heavy atom. The Balaban J connectivity index is 2.55. The van der Waals surface area contributed by atoms with Gasteiger partial charge in [0.1, 0.15) is 5.54 Å². The summed E-state index contributed by atoms with van der Waals surface area (Å²) < 4.78 is 26.8. The predicted molar refractivity (Wildman–Crippen MR) is 75.0 cm³/mol. The van der Waals surface area contributed by atoms with Crippen molar-refractivity contribution in [2.75, 3.05) is 6.54 Å². The second kappa shape index (κ2) is 5.18. The molecule has 0 bridgehead atoms. The summed E-state index contributed by atoms with van der Waals surface area (Å²) in [6.07, 6.45) is 1.21. The highest BCUT2D eigenvalue weighted by Crippen LogP contribution is 2.37. The van der Waals surface area contributed by atoms with E-state index in [1.807, 2.05) is 0 Å². The maximum Gasteiger partial charge on any atom is 0.325 e. The average molecular weight is 297 g/mol. The van der Waals surface area contributed by atoms with Gasteiger partial charge >= 0.3 is 5.97 Å². The Bertz CT molecular complexity index is 626. The van der Waals surface area contributed by atoms with Gasteiger partial charge in [-0.25, -0.2) is 8.42 Å². The number of benzene rings is 1. The lowest BCUT2D eigenvalue weighted by Gasteiger charge is -2.33. The average Bonchev–Trinajstić information content (AvgIpc) is 2.84.